The first-order valence-corrected chi connectivity index (χ1v) is 4.65. The molecule has 0 atom stereocenters. The molecule has 0 bridgehead atoms. The Kier molecular flexibility index (Phi) is 7.15. The number of ketones is 1. The summed E-state index contributed by atoms with van der Waals surface area (Å²) in [4.78, 5) is 22.2. The van der Waals surface area contributed by atoms with Gasteiger partial charge in [-0.25, -0.2) is 4.79 Å². The average molecular weight is 231 g/mol. The van der Waals surface area contributed by atoms with E-state index in [0.717, 1.165) is 0 Å². The second-order valence-corrected chi connectivity index (χ2v) is 2.91. The molecule has 0 aliphatic rings. The van der Waals surface area contributed by atoms with Crippen LogP contribution in [0.1, 0.15) is 6.92 Å². The molecule has 0 radical (unpaired) electrons. The zero-order valence-electron chi connectivity index (χ0n) is 9.90. The Labute approximate surface area is 94.5 Å². The summed E-state index contributed by atoms with van der Waals surface area (Å²) < 4.78 is 14.3. The predicted octanol–water partition coefficient (Wildman–Crippen LogP) is -0.159. The summed E-state index contributed by atoms with van der Waals surface area (Å²) in [5.41, 5.74) is -0.0477. The molecule has 0 aromatic rings. The van der Waals surface area contributed by atoms with Gasteiger partial charge in [0.1, 0.15) is 5.57 Å². The number of Topliss-reactive ketones (excluding diaryl/α,β-unsaturated/α-hetero) is 1. The van der Waals surface area contributed by atoms with Crippen LogP contribution in [0.5, 0.6) is 0 Å². The molecule has 0 spiro atoms. The first-order chi connectivity index (χ1) is 7.56. The van der Waals surface area contributed by atoms with Gasteiger partial charge in [-0.15, -0.1) is 0 Å². The van der Waals surface area contributed by atoms with Gasteiger partial charge in [-0.05, 0) is 6.92 Å². The maximum Gasteiger partial charge on any atom is 0.342 e. The molecule has 0 saturated heterocycles. The number of ether oxygens (including phenoxy) is 3. The van der Waals surface area contributed by atoms with Gasteiger partial charge in [0.25, 0.3) is 0 Å². The minimum Gasteiger partial charge on any atom is -0.465 e. The average Bonchev–Trinajstić information content (AvgIpc) is 2.28. The van der Waals surface area contributed by atoms with Crippen LogP contribution >= 0.6 is 0 Å². The van der Waals surface area contributed by atoms with Crippen molar-refractivity contribution in [1.82, 2.24) is 5.32 Å². The van der Waals surface area contributed by atoms with Gasteiger partial charge in [-0.3, -0.25) is 4.79 Å². The Morgan fingerprint density at radius 3 is 2.19 bits per heavy atom. The van der Waals surface area contributed by atoms with E-state index in [2.05, 4.69) is 10.1 Å². The van der Waals surface area contributed by atoms with E-state index in [4.69, 9.17) is 9.47 Å². The third kappa shape index (κ3) is 4.90. The minimum atomic E-state index is -0.675. The van der Waals surface area contributed by atoms with E-state index in [0.29, 0.717) is 6.54 Å². The van der Waals surface area contributed by atoms with Gasteiger partial charge in [0, 0.05) is 20.4 Å². The zero-order valence-corrected chi connectivity index (χ0v) is 9.90. The molecule has 0 aromatic carbocycles. The van der Waals surface area contributed by atoms with E-state index in [1.54, 1.807) is 0 Å². The smallest absolute Gasteiger partial charge is 0.342 e. The number of carbonyl (C=O) groups excluding carboxylic acids is 2. The maximum absolute atomic E-state index is 11.2. The summed E-state index contributed by atoms with van der Waals surface area (Å²) in [6.07, 6.45) is 0.848. The van der Waals surface area contributed by atoms with Crippen LogP contribution in [0.15, 0.2) is 11.8 Å². The van der Waals surface area contributed by atoms with E-state index in [-0.39, 0.29) is 11.4 Å². The first-order valence-electron chi connectivity index (χ1n) is 4.65. The van der Waals surface area contributed by atoms with Crippen LogP contribution in [-0.2, 0) is 23.8 Å². The lowest BCUT2D eigenvalue weighted by Gasteiger charge is -2.13. The van der Waals surface area contributed by atoms with Crippen LogP contribution in [0.25, 0.3) is 0 Å². The Hall–Kier alpha value is -1.40. The molecule has 0 heterocycles. The number of hydrogen-bond acceptors (Lipinski definition) is 6. The highest BCUT2D eigenvalue weighted by molar-refractivity contribution is 6.16. The fourth-order valence-corrected chi connectivity index (χ4v) is 0.934. The Morgan fingerprint density at radius 2 is 1.81 bits per heavy atom. The number of esters is 1. The molecule has 0 amide bonds. The first kappa shape index (κ1) is 14.6. The Bertz CT molecular complexity index is 270. The van der Waals surface area contributed by atoms with Crippen molar-refractivity contribution in [2.75, 3.05) is 27.9 Å². The van der Waals surface area contributed by atoms with Crippen LogP contribution < -0.4 is 5.32 Å². The van der Waals surface area contributed by atoms with Gasteiger partial charge < -0.3 is 19.5 Å². The number of carbonyl (C=O) groups is 2. The van der Waals surface area contributed by atoms with E-state index < -0.39 is 12.3 Å². The Morgan fingerprint density at radius 1 is 1.25 bits per heavy atom. The normalized spacial score (nSPS) is 11.4. The lowest BCUT2D eigenvalue weighted by molar-refractivity contribution is -0.137. The van der Waals surface area contributed by atoms with Crippen molar-refractivity contribution >= 4 is 11.8 Å². The van der Waals surface area contributed by atoms with Crippen molar-refractivity contribution in [2.24, 2.45) is 0 Å². The van der Waals surface area contributed by atoms with Crippen LogP contribution in [0.2, 0.25) is 0 Å². The molecule has 0 aromatic heterocycles. The third-order valence-corrected chi connectivity index (χ3v) is 1.84. The van der Waals surface area contributed by atoms with Gasteiger partial charge in [-0.1, -0.05) is 0 Å². The fourth-order valence-electron chi connectivity index (χ4n) is 0.934. The third-order valence-electron chi connectivity index (χ3n) is 1.84. The van der Waals surface area contributed by atoms with Crippen molar-refractivity contribution in [3.05, 3.63) is 11.8 Å². The number of rotatable bonds is 7. The summed E-state index contributed by atoms with van der Waals surface area (Å²) in [6.45, 7) is 1.61. The van der Waals surface area contributed by atoms with Crippen LogP contribution in [0.3, 0.4) is 0 Å². The molecule has 92 valence electrons. The van der Waals surface area contributed by atoms with Crippen LogP contribution in [0, 0.1) is 0 Å². The van der Waals surface area contributed by atoms with Gasteiger partial charge in [0.2, 0.25) is 0 Å². The molecular weight excluding hydrogens is 214 g/mol. The molecule has 0 aliphatic carbocycles. The lowest BCUT2D eigenvalue weighted by Crippen LogP contribution is -2.28. The topological polar surface area (TPSA) is 73.9 Å². The summed E-state index contributed by atoms with van der Waals surface area (Å²) >= 11 is 0. The van der Waals surface area contributed by atoms with Crippen molar-refractivity contribution in [2.45, 2.75) is 13.2 Å². The fraction of sp³-hybridized carbons (Fsp3) is 0.600. The largest absolute Gasteiger partial charge is 0.465 e. The molecule has 6 heteroatoms. The summed E-state index contributed by atoms with van der Waals surface area (Å²) in [6, 6.07) is 0. The molecule has 0 fully saturated rings. The van der Waals surface area contributed by atoms with E-state index in [1.807, 2.05) is 0 Å². The number of nitrogens with one attached hydrogen (secondary N) is 1. The van der Waals surface area contributed by atoms with Crippen LogP contribution in [0.4, 0.5) is 0 Å². The van der Waals surface area contributed by atoms with Gasteiger partial charge in [0.05, 0.1) is 13.7 Å². The predicted molar refractivity (Wildman–Crippen MR) is 56.6 cm³/mol. The molecule has 0 aliphatic heterocycles. The lowest BCUT2D eigenvalue weighted by atomic mass is 10.2. The molecule has 0 unspecified atom stereocenters. The van der Waals surface area contributed by atoms with Crippen LogP contribution in [-0.4, -0.2) is 45.9 Å². The number of hydrogen-bond donors (Lipinski definition) is 1. The van der Waals surface area contributed by atoms with Crippen molar-refractivity contribution < 1.29 is 23.8 Å². The highest BCUT2D eigenvalue weighted by atomic mass is 16.7. The van der Waals surface area contributed by atoms with E-state index in [1.165, 1.54) is 34.5 Å². The molecule has 0 rings (SSSR count). The quantitative estimate of drug-likeness (QED) is 0.216. The summed E-state index contributed by atoms with van der Waals surface area (Å²) in [7, 11) is 4.20. The standard InChI is InChI=1S/C10H17NO5/c1-7(12)8(10(13)16-4)5-11-6-9(14-2)15-3/h5,9,11H,6H2,1-4H3/b8-5-. The SMILES string of the molecule is COC(=O)/C(=C\NCC(OC)OC)C(C)=O. The summed E-state index contributed by atoms with van der Waals surface area (Å²) in [5, 5.41) is 2.75. The van der Waals surface area contributed by atoms with Crippen molar-refractivity contribution in [3.8, 4) is 0 Å². The molecule has 1 N–H and O–H groups in total. The monoisotopic (exact) mass is 231 g/mol. The Balaban J connectivity index is 4.35. The maximum atomic E-state index is 11.2. The molecule has 0 saturated carbocycles. The van der Waals surface area contributed by atoms with E-state index >= 15 is 0 Å². The molecule has 6 nitrogen and oxygen atoms in total. The van der Waals surface area contributed by atoms with Crippen molar-refractivity contribution in [3.63, 3.8) is 0 Å². The van der Waals surface area contributed by atoms with Gasteiger partial charge >= 0.3 is 5.97 Å². The number of methoxy groups -OCH3 is 3. The molecule has 16 heavy (non-hydrogen) atoms. The minimum absolute atomic E-state index is 0.0477. The highest BCUT2D eigenvalue weighted by Crippen LogP contribution is 1.98. The van der Waals surface area contributed by atoms with Gasteiger partial charge in [0.15, 0.2) is 12.1 Å². The zero-order chi connectivity index (χ0) is 12.6. The van der Waals surface area contributed by atoms with E-state index in [9.17, 15) is 9.59 Å². The second-order valence-electron chi connectivity index (χ2n) is 2.91. The molecular formula is C10H17NO5. The summed E-state index contributed by atoms with van der Waals surface area (Å²) in [5.74, 6) is -1.04. The van der Waals surface area contributed by atoms with Gasteiger partial charge in [-0.2, -0.15) is 0 Å². The highest BCUT2D eigenvalue weighted by Gasteiger charge is 2.14. The second kappa shape index (κ2) is 7.84. The van der Waals surface area contributed by atoms with Crippen molar-refractivity contribution in [1.29, 1.82) is 0 Å².